The molecule has 1 aromatic rings. The van der Waals surface area contributed by atoms with E-state index >= 15 is 0 Å². The Morgan fingerprint density at radius 3 is 2.71 bits per heavy atom. The van der Waals surface area contributed by atoms with Crippen molar-refractivity contribution in [2.45, 2.75) is 32.7 Å². The van der Waals surface area contributed by atoms with E-state index in [9.17, 15) is 4.79 Å². The third kappa shape index (κ3) is 5.92. The summed E-state index contributed by atoms with van der Waals surface area (Å²) in [5.74, 6) is 1.52. The second-order valence-corrected chi connectivity index (χ2v) is 5.98. The van der Waals surface area contributed by atoms with E-state index < -0.39 is 0 Å². The molecule has 0 unspecified atom stereocenters. The fourth-order valence-electron chi connectivity index (χ4n) is 2.91. The van der Waals surface area contributed by atoms with Gasteiger partial charge in [0.1, 0.15) is 0 Å². The van der Waals surface area contributed by atoms with Gasteiger partial charge in [-0.1, -0.05) is 6.07 Å². The van der Waals surface area contributed by atoms with Crippen LogP contribution in [-0.4, -0.2) is 48.9 Å². The largest absolute Gasteiger partial charge is 0.359 e. The van der Waals surface area contributed by atoms with Crippen molar-refractivity contribution in [1.82, 2.24) is 20.5 Å². The summed E-state index contributed by atoms with van der Waals surface area (Å²) in [5.41, 5.74) is 2.22. The van der Waals surface area contributed by atoms with E-state index in [0.717, 1.165) is 37.6 Å². The van der Waals surface area contributed by atoms with Gasteiger partial charge >= 0.3 is 0 Å². The number of aryl methyl sites for hydroxylation is 1. The number of amides is 1. The first-order valence-corrected chi connectivity index (χ1v) is 8.20. The highest BCUT2D eigenvalue weighted by molar-refractivity contribution is 14.0. The van der Waals surface area contributed by atoms with Crippen LogP contribution in [0.1, 0.15) is 30.5 Å². The summed E-state index contributed by atoms with van der Waals surface area (Å²) in [4.78, 5) is 22.5. The van der Waals surface area contributed by atoms with E-state index in [1.807, 2.05) is 19.3 Å². The van der Waals surface area contributed by atoms with Crippen molar-refractivity contribution in [3.8, 4) is 0 Å². The minimum atomic E-state index is 0. The van der Waals surface area contributed by atoms with Crippen LogP contribution in [0.4, 0.5) is 0 Å². The molecule has 1 aliphatic rings. The number of carbonyl (C=O) groups is 1. The first kappa shape index (κ1) is 20.7. The number of halogens is 1. The third-order valence-electron chi connectivity index (χ3n) is 4.41. The molecule has 2 heterocycles. The van der Waals surface area contributed by atoms with Crippen LogP contribution in [0.25, 0.3) is 0 Å². The number of rotatable bonds is 4. The highest BCUT2D eigenvalue weighted by atomic mass is 127. The van der Waals surface area contributed by atoms with Crippen LogP contribution in [0.5, 0.6) is 0 Å². The quantitative estimate of drug-likeness (QED) is 0.422. The molecular weight excluding hydrogens is 417 g/mol. The third-order valence-corrected chi connectivity index (χ3v) is 4.41. The molecule has 6 nitrogen and oxygen atoms in total. The number of hydrogen-bond donors (Lipinski definition) is 2. The molecule has 0 atom stereocenters. The van der Waals surface area contributed by atoms with Crippen LogP contribution in [0.3, 0.4) is 0 Å². The predicted molar refractivity (Wildman–Crippen MR) is 108 cm³/mol. The summed E-state index contributed by atoms with van der Waals surface area (Å²) < 4.78 is 0. The molecule has 1 fully saturated rings. The van der Waals surface area contributed by atoms with E-state index in [2.05, 4.69) is 38.5 Å². The topological polar surface area (TPSA) is 69.6 Å². The molecule has 0 radical (unpaired) electrons. The Bertz CT molecular complexity index is 556. The first-order valence-electron chi connectivity index (χ1n) is 8.20. The second kappa shape index (κ2) is 10.5. The predicted octanol–water partition coefficient (Wildman–Crippen LogP) is 1.93. The lowest BCUT2D eigenvalue weighted by molar-refractivity contribution is -0.121. The summed E-state index contributed by atoms with van der Waals surface area (Å²) in [6.07, 6.45) is 4.49. The zero-order valence-corrected chi connectivity index (χ0v) is 17.0. The van der Waals surface area contributed by atoms with E-state index in [4.69, 9.17) is 0 Å². The Labute approximate surface area is 161 Å². The molecule has 0 saturated carbocycles. The number of hydrogen-bond acceptors (Lipinski definition) is 3. The van der Waals surface area contributed by atoms with Crippen molar-refractivity contribution < 1.29 is 4.79 Å². The fraction of sp³-hybridized carbons (Fsp3) is 0.588. The van der Waals surface area contributed by atoms with Gasteiger partial charge in [0.05, 0.1) is 12.2 Å². The zero-order valence-electron chi connectivity index (χ0n) is 14.7. The Balaban J connectivity index is 0.00000288. The van der Waals surface area contributed by atoms with E-state index in [1.54, 1.807) is 7.05 Å². The molecule has 0 aromatic carbocycles. The van der Waals surface area contributed by atoms with Gasteiger partial charge in [0.2, 0.25) is 5.91 Å². The lowest BCUT2D eigenvalue weighted by Crippen LogP contribution is -2.45. The molecule has 7 heteroatoms. The van der Waals surface area contributed by atoms with E-state index in [1.165, 1.54) is 5.56 Å². The van der Waals surface area contributed by atoms with Crippen molar-refractivity contribution in [1.29, 1.82) is 0 Å². The molecule has 0 aliphatic carbocycles. The number of nitrogens with one attached hydrogen (secondary N) is 2. The van der Waals surface area contributed by atoms with Crippen molar-refractivity contribution in [3.05, 3.63) is 29.6 Å². The molecule has 0 spiro atoms. The number of piperidine rings is 1. The maximum atomic E-state index is 11.5. The van der Waals surface area contributed by atoms with E-state index in [0.29, 0.717) is 18.9 Å². The number of pyridine rings is 1. The van der Waals surface area contributed by atoms with Gasteiger partial charge in [0, 0.05) is 39.8 Å². The highest BCUT2D eigenvalue weighted by Crippen LogP contribution is 2.20. The van der Waals surface area contributed by atoms with Gasteiger partial charge < -0.3 is 15.5 Å². The molecule has 1 aromatic heterocycles. The Morgan fingerprint density at radius 2 is 2.12 bits per heavy atom. The van der Waals surface area contributed by atoms with Crippen LogP contribution >= 0.6 is 24.0 Å². The van der Waals surface area contributed by atoms with Gasteiger partial charge in [-0.05, 0) is 37.3 Å². The summed E-state index contributed by atoms with van der Waals surface area (Å²) in [6, 6.07) is 4.02. The number of aliphatic imine (C=N–C) groups is 1. The van der Waals surface area contributed by atoms with Crippen LogP contribution in [0.15, 0.2) is 23.3 Å². The zero-order chi connectivity index (χ0) is 16.7. The monoisotopic (exact) mass is 445 g/mol. The smallest absolute Gasteiger partial charge is 0.220 e. The number of guanidine groups is 1. The Kier molecular flexibility index (Phi) is 9.02. The fourth-order valence-corrected chi connectivity index (χ4v) is 2.91. The summed E-state index contributed by atoms with van der Waals surface area (Å²) in [7, 11) is 3.51. The van der Waals surface area contributed by atoms with Gasteiger partial charge in [-0.3, -0.25) is 14.8 Å². The SMILES string of the molecule is CN=C(NCc1ncccc1C)N1CCC(CC(=O)NC)CC1.I. The van der Waals surface area contributed by atoms with Crippen LogP contribution in [0.2, 0.25) is 0 Å². The molecule has 1 amide bonds. The maximum Gasteiger partial charge on any atom is 0.220 e. The number of nitrogens with zero attached hydrogens (tertiary/aromatic N) is 3. The molecule has 24 heavy (non-hydrogen) atoms. The number of carbonyl (C=O) groups excluding carboxylic acids is 1. The van der Waals surface area contributed by atoms with Crippen molar-refractivity contribution in [3.63, 3.8) is 0 Å². The first-order chi connectivity index (χ1) is 11.1. The van der Waals surface area contributed by atoms with Crippen molar-refractivity contribution in [2.75, 3.05) is 27.2 Å². The molecule has 2 rings (SSSR count). The summed E-state index contributed by atoms with van der Waals surface area (Å²) in [5, 5.41) is 6.10. The second-order valence-electron chi connectivity index (χ2n) is 5.98. The minimum Gasteiger partial charge on any atom is -0.359 e. The molecule has 2 N–H and O–H groups in total. The van der Waals surface area contributed by atoms with Gasteiger partial charge in [-0.15, -0.1) is 24.0 Å². The summed E-state index contributed by atoms with van der Waals surface area (Å²) >= 11 is 0. The molecule has 0 bridgehead atoms. The number of aromatic nitrogens is 1. The van der Waals surface area contributed by atoms with Crippen LogP contribution < -0.4 is 10.6 Å². The Morgan fingerprint density at radius 1 is 1.42 bits per heavy atom. The van der Waals surface area contributed by atoms with Gasteiger partial charge in [-0.25, -0.2) is 0 Å². The van der Waals surface area contributed by atoms with Crippen molar-refractivity contribution in [2.24, 2.45) is 10.9 Å². The lowest BCUT2D eigenvalue weighted by Gasteiger charge is -2.34. The average Bonchev–Trinajstić information content (AvgIpc) is 2.58. The standard InChI is InChI=1S/C17H27N5O.HI/c1-13-5-4-8-20-15(13)12-21-17(19-3)22-9-6-14(7-10-22)11-16(23)18-2;/h4-5,8,14H,6-7,9-12H2,1-3H3,(H,18,23)(H,19,21);1H. The molecule has 134 valence electrons. The normalized spacial score (nSPS) is 15.6. The maximum absolute atomic E-state index is 11.5. The van der Waals surface area contributed by atoms with Gasteiger partial charge in [0.15, 0.2) is 5.96 Å². The summed E-state index contributed by atoms with van der Waals surface area (Å²) in [6.45, 7) is 4.61. The van der Waals surface area contributed by atoms with Gasteiger partial charge in [0.25, 0.3) is 0 Å². The Hall–Kier alpha value is -1.38. The molecule has 1 saturated heterocycles. The highest BCUT2D eigenvalue weighted by Gasteiger charge is 2.23. The van der Waals surface area contributed by atoms with Crippen LogP contribution in [-0.2, 0) is 11.3 Å². The van der Waals surface area contributed by atoms with Crippen molar-refractivity contribution >= 4 is 35.8 Å². The minimum absolute atomic E-state index is 0. The van der Waals surface area contributed by atoms with Crippen LogP contribution in [0, 0.1) is 12.8 Å². The average molecular weight is 445 g/mol. The lowest BCUT2D eigenvalue weighted by atomic mass is 9.93. The molecule has 1 aliphatic heterocycles. The van der Waals surface area contributed by atoms with Gasteiger partial charge in [-0.2, -0.15) is 0 Å². The number of likely N-dealkylation sites (tertiary alicyclic amines) is 1. The van der Waals surface area contributed by atoms with E-state index in [-0.39, 0.29) is 29.9 Å². The molecular formula is C17H28IN5O.